The fraction of sp³-hybridized carbons (Fsp3) is 0.333. The topological polar surface area (TPSA) is 75.2 Å². The summed E-state index contributed by atoms with van der Waals surface area (Å²) in [5.41, 5.74) is 6.48. The van der Waals surface area contributed by atoms with Gasteiger partial charge in [-0.3, -0.25) is 4.68 Å². The highest BCUT2D eigenvalue weighted by atomic mass is 35.5. The molecule has 7 heteroatoms. The smallest absolute Gasteiger partial charge is 0.166 e. The predicted molar refractivity (Wildman–Crippen MR) is 71.2 cm³/mol. The number of aryl methyl sites for hydroxylation is 1. The maximum atomic E-state index is 5.99. The number of halogens is 1. The average molecular weight is 283 g/mol. The van der Waals surface area contributed by atoms with E-state index in [4.69, 9.17) is 26.8 Å². The van der Waals surface area contributed by atoms with Crippen molar-refractivity contribution in [3.8, 4) is 11.5 Å². The van der Waals surface area contributed by atoms with Crippen LogP contribution in [0.2, 0.25) is 5.02 Å². The Hall–Kier alpha value is -1.79. The highest BCUT2D eigenvalue weighted by Gasteiger charge is 2.13. The summed E-state index contributed by atoms with van der Waals surface area (Å²) in [7, 11) is 3.36. The fourth-order valence-electron chi connectivity index (χ4n) is 1.68. The first-order chi connectivity index (χ1) is 9.15. The van der Waals surface area contributed by atoms with Gasteiger partial charge in [-0.2, -0.15) is 5.10 Å². The summed E-state index contributed by atoms with van der Waals surface area (Å²) < 4.78 is 12.6. The number of nitrogens with zero attached hydrogens (tertiary/aromatic N) is 3. The van der Waals surface area contributed by atoms with Gasteiger partial charge in [-0.05, 0) is 6.07 Å². The number of ether oxygens (including phenoxy) is 2. The zero-order valence-electron chi connectivity index (χ0n) is 10.8. The first-order valence-corrected chi connectivity index (χ1v) is 6.05. The summed E-state index contributed by atoms with van der Waals surface area (Å²) in [6.45, 7) is 0.590. The molecule has 102 valence electrons. The van der Waals surface area contributed by atoms with Gasteiger partial charge in [0.05, 0.1) is 7.11 Å². The number of hydrogen-bond acceptors (Lipinski definition) is 5. The van der Waals surface area contributed by atoms with E-state index < -0.39 is 0 Å². The van der Waals surface area contributed by atoms with Gasteiger partial charge < -0.3 is 15.2 Å². The van der Waals surface area contributed by atoms with E-state index in [1.165, 1.54) is 6.33 Å². The Balaban J connectivity index is 2.26. The fourth-order valence-corrected chi connectivity index (χ4v) is 1.91. The molecule has 0 saturated carbocycles. The first kappa shape index (κ1) is 13.6. The van der Waals surface area contributed by atoms with Crippen molar-refractivity contribution in [1.29, 1.82) is 0 Å². The van der Waals surface area contributed by atoms with E-state index in [1.807, 2.05) is 0 Å². The number of hydrogen-bond donors (Lipinski definition) is 1. The number of nitrogens with two attached hydrogens (primary N) is 1. The molecule has 0 radical (unpaired) electrons. The first-order valence-electron chi connectivity index (χ1n) is 5.68. The third kappa shape index (κ3) is 2.97. The van der Waals surface area contributed by atoms with Crippen LogP contribution >= 0.6 is 11.6 Å². The maximum Gasteiger partial charge on any atom is 0.166 e. The maximum absolute atomic E-state index is 5.99. The Morgan fingerprint density at radius 3 is 2.79 bits per heavy atom. The Morgan fingerprint density at radius 2 is 2.21 bits per heavy atom. The van der Waals surface area contributed by atoms with E-state index in [-0.39, 0.29) is 6.61 Å². The molecule has 0 saturated heterocycles. The van der Waals surface area contributed by atoms with Crippen molar-refractivity contribution in [3.63, 3.8) is 0 Å². The summed E-state index contributed by atoms with van der Waals surface area (Å²) in [6, 6.07) is 3.45. The van der Waals surface area contributed by atoms with Crippen molar-refractivity contribution in [3.05, 3.63) is 34.9 Å². The lowest BCUT2D eigenvalue weighted by molar-refractivity contribution is 0.269. The number of aromatic nitrogens is 3. The van der Waals surface area contributed by atoms with Gasteiger partial charge in [0.25, 0.3) is 0 Å². The van der Waals surface area contributed by atoms with Crippen LogP contribution in [0, 0.1) is 0 Å². The van der Waals surface area contributed by atoms with Crippen LogP contribution in [-0.2, 0) is 20.2 Å². The molecule has 0 amide bonds. The third-order valence-corrected chi connectivity index (χ3v) is 2.91. The lowest BCUT2D eigenvalue weighted by Gasteiger charge is -2.14. The molecule has 19 heavy (non-hydrogen) atoms. The molecule has 0 spiro atoms. The Labute approximate surface area is 116 Å². The van der Waals surface area contributed by atoms with Crippen LogP contribution in [0.1, 0.15) is 11.4 Å². The third-order valence-electron chi connectivity index (χ3n) is 2.69. The van der Waals surface area contributed by atoms with Crippen molar-refractivity contribution in [2.45, 2.75) is 13.2 Å². The number of methoxy groups -OCH3 is 1. The SMILES string of the molecule is COc1cc(Cl)cc(CN)c1OCc1ncnn1C. The second-order valence-electron chi connectivity index (χ2n) is 3.89. The van der Waals surface area contributed by atoms with Crippen molar-refractivity contribution in [1.82, 2.24) is 14.8 Å². The van der Waals surface area contributed by atoms with Gasteiger partial charge in [0.2, 0.25) is 0 Å². The molecule has 0 aliphatic carbocycles. The van der Waals surface area contributed by atoms with Crippen molar-refractivity contribution in [2.75, 3.05) is 7.11 Å². The zero-order chi connectivity index (χ0) is 13.8. The minimum absolute atomic E-state index is 0.279. The molecule has 0 fully saturated rings. The molecule has 2 rings (SSSR count). The van der Waals surface area contributed by atoms with Crippen molar-refractivity contribution in [2.24, 2.45) is 12.8 Å². The molecule has 2 aromatic rings. The second kappa shape index (κ2) is 5.90. The molecule has 0 aliphatic rings. The molecule has 0 unspecified atom stereocenters. The van der Waals surface area contributed by atoms with Crippen LogP contribution in [-0.4, -0.2) is 21.9 Å². The number of benzene rings is 1. The van der Waals surface area contributed by atoms with Crippen LogP contribution in [0.15, 0.2) is 18.5 Å². The van der Waals surface area contributed by atoms with Gasteiger partial charge >= 0.3 is 0 Å². The Kier molecular flexibility index (Phi) is 4.24. The van der Waals surface area contributed by atoms with E-state index in [2.05, 4.69) is 10.1 Å². The molecule has 1 aromatic heterocycles. The van der Waals surface area contributed by atoms with E-state index in [0.29, 0.717) is 28.9 Å². The highest BCUT2D eigenvalue weighted by molar-refractivity contribution is 6.30. The van der Waals surface area contributed by atoms with Gasteiger partial charge in [-0.25, -0.2) is 4.98 Å². The van der Waals surface area contributed by atoms with Crippen molar-refractivity contribution >= 4 is 11.6 Å². The molecule has 0 atom stereocenters. The van der Waals surface area contributed by atoms with Gasteiger partial charge in [-0.1, -0.05) is 11.6 Å². The summed E-state index contributed by atoms with van der Waals surface area (Å²) in [4.78, 5) is 4.09. The monoisotopic (exact) mass is 282 g/mol. The van der Waals surface area contributed by atoms with Gasteiger partial charge in [0.15, 0.2) is 17.3 Å². The molecule has 1 aromatic carbocycles. The molecular formula is C12H15ClN4O2. The summed E-state index contributed by atoms with van der Waals surface area (Å²) >= 11 is 5.99. The zero-order valence-corrected chi connectivity index (χ0v) is 11.5. The van der Waals surface area contributed by atoms with E-state index >= 15 is 0 Å². The summed E-state index contributed by atoms with van der Waals surface area (Å²) in [5, 5.41) is 4.54. The van der Waals surface area contributed by atoms with Gasteiger partial charge in [0.1, 0.15) is 12.9 Å². The van der Waals surface area contributed by atoms with Crippen LogP contribution in [0.25, 0.3) is 0 Å². The molecule has 2 N–H and O–H groups in total. The Bertz CT molecular complexity index is 546. The average Bonchev–Trinajstić information content (AvgIpc) is 2.81. The van der Waals surface area contributed by atoms with E-state index in [0.717, 1.165) is 5.56 Å². The van der Waals surface area contributed by atoms with E-state index in [1.54, 1.807) is 31.0 Å². The van der Waals surface area contributed by atoms with Crippen LogP contribution in [0.5, 0.6) is 11.5 Å². The minimum Gasteiger partial charge on any atom is -0.493 e. The van der Waals surface area contributed by atoms with Crippen LogP contribution in [0.4, 0.5) is 0 Å². The summed E-state index contributed by atoms with van der Waals surface area (Å²) in [5.74, 6) is 1.84. The summed E-state index contributed by atoms with van der Waals surface area (Å²) in [6.07, 6.45) is 1.47. The van der Waals surface area contributed by atoms with E-state index in [9.17, 15) is 0 Å². The van der Waals surface area contributed by atoms with Gasteiger partial charge in [-0.15, -0.1) is 0 Å². The normalized spacial score (nSPS) is 10.5. The van der Waals surface area contributed by atoms with Crippen LogP contribution < -0.4 is 15.2 Å². The lowest BCUT2D eigenvalue weighted by Crippen LogP contribution is -2.08. The number of rotatable bonds is 5. The highest BCUT2D eigenvalue weighted by Crippen LogP contribution is 2.34. The Morgan fingerprint density at radius 1 is 1.42 bits per heavy atom. The van der Waals surface area contributed by atoms with Crippen LogP contribution in [0.3, 0.4) is 0 Å². The standard InChI is InChI=1S/C12H15ClN4O2/c1-17-11(15-7-16-17)6-19-12-8(5-14)3-9(13)4-10(12)18-2/h3-4,7H,5-6,14H2,1-2H3. The second-order valence-corrected chi connectivity index (χ2v) is 4.33. The molecular weight excluding hydrogens is 268 g/mol. The largest absolute Gasteiger partial charge is 0.493 e. The lowest BCUT2D eigenvalue weighted by atomic mass is 10.2. The molecule has 0 bridgehead atoms. The van der Waals surface area contributed by atoms with Crippen molar-refractivity contribution < 1.29 is 9.47 Å². The van der Waals surface area contributed by atoms with Gasteiger partial charge in [0, 0.05) is 30.2 Å². The molecule has 1 heterocycles. The molecule has 6 nitrogen and oxygen atoms in total. The predicted octanol–water partition coefficient (Wildman–Crippen LogP) is 1.51. The molecule has 0 aliphatic heterocycles. The minimum atomic E-state index is 0.279. The quantitative estimate of drug-likeness (QED) is 0.900.